The van der Waals surface area contributed by atoms with Crippen LogP contribution in [0.25, 0.3) is 0 Å². The number of carbonyl (C=O) groups is 19. The number of guanidine groups is 2. The zero-order valence-electron chi connectivity index (χ0n) is 73.4. The summed E-state index contributed by atoms with van der Waals surface area (Å²) in [7, 11) is 0. The van der Waals surface area contributed by atoms with Crippen molar-refractivity contribution in [2.75, 3.05) is 52.4 Å². The van der Waals surface area contributed by atoms with Crippen LogP contribution in [0.3, 0.4) is 0 Å². The van der Waals surface area contributed by atoms with Gasteiger partial charge in [-0.15, -0.1) is 0 Å². The number of hydrogen-bond donors (Lipinski definition) is 28. The minimum Gasteiger partial charge on any atom is -0.480 e. The zero-order valence-corrected chi connectivity index (χ0v) is 73.4. The molecule has 0 heterocycles. The number of nitrogens with zero attached hydrogens (tertiary/aromatic N) is 2. The molecule has 0 bridgehead atoms. The summed E-state index contributed by atoms with van der Waals surface area (Å²) in [6, 6.07) is -4.23. The number of carboxylic acid groups (broad SMARTS) is 1. The maximum absolute atomic E-state index is 14.5. The van der Waals surface area contributed by atoms with Gasteiger partial charge in [0.05, 0.1) is 44.8 Å². The molecular formula is C80H131N27O22. The number of nitrogens with one attached hydrogen (secondary N) is 16. The molecule has 0 aliphatic carbocycles. The summed E-state index contributed by atoms with van der Waals surface area (Å²) >= 11 is 0. The number of aliphatic imine (C=N–C) groups is 2. The molecule has 49 heteroatoms. The Morgan fingerprint density at radius 2 is 0.752 bits per heavy atom. The fraction of sp³-hybridized carbons (Fsp3) is 0.588. The van der Waals surface area contributed by atoms with Gasteiger partial charge in [-0.3, -0.25) is 96.3 Å². The van der Waals surface area contributed by atoms with Crippen LogP contribution in [-0.4, -0.2) is 283 Å². The number of carboxylic acids is 1. The second-order valence-corrected chi connectivity index (χ2v) is 30.8. The van der Waals surface area contributed by atoms with E-state index in [2.05, 4.69) is 95.1 Å². The molecule has 2 aromatic carbocycles. The molecule has 49 nitrogen and oxygen atoms in total. The van der Waals surface area contributed by atoms with Crippen LogP contribution in [0.4, 0.5) is 0 Å². The van der Waals surface area contributed by atoms with Crippen LogP contribution in [0.1, 0.15) is 149 Å². The van der Waals surface area contributed by atoms with Crippen LogP contribution in [0.15, 0.2) is 70.6 Å². The maximum atomic E-state index is 14.5. The van der Waals surface area contributed by atoms with E-state index in [0.29, 0.717) is 18.4 Å². The Kier molecular flexibility index (Phi) is 52.3. The first kappa shape index (κ1) is 112. The van der Waals surface area contributed by atoms with Crippen molar-refractivity contribution in [1.29, 1.82) is 0 Å². The fourth-order valence-electron chi connectivity index (χ4n) is 12.3. The third-order valence-electron chi connectivity index (χ3n) is 19.3. The molecule has 15 atom stereocenters. The van der Waals surface area contributed by atoms with Crippen LogP contribution in [0.5, 0.6) is 0 Å². The quantitative estimate of drug-likeness (QED) is 0.0166. The molecule has 18 amide bonds. The highest BCUT2D eigenvalue weighted by Gasteiger charge is 2.38. The fourth-order valence-corrected chi connectivity index (χ4v) is 12.3. The number of benzene rings is 2. The van der Waals surface area contributed by atoms with E-state index in [0.717, 1.165) is 12.5 Å². The van der Waals surface area contributed by atoms with Crippen molar-refractivity contribution in [3.63, 3.8) is 0 Å². The Morgan fingerprint density at radius 1 is 0.372 bits per heavy atom. The molecule has 0 unspecified atom stereocenters. The molecule has 0 fully saturated rings. The van der Waals surface area contributed by atoms with Crippen LogP contribution in [0, 0.1) is 5.92 Å². The van der Waals surface area contributed by atoms with Crippen molar-refractivity contribution in [3.05, 3.63) is 71.8 Å². The van der Waals surface area contributed by atoms with Crippen molar-refractivity contribution in [1.82, 2.24) is 85.1 Å². The largest absolute Gasteiger partial charge is 0.480 e. The topological polar surface area (TPSA) is 836 Å². The van der Waals surface area contributed by atoms with E-state index in [1.54, 1.807) is 74.5 Å². The summed E-state index contributed by atoms with van der Waals surface area (Å²) in [4.78, 5) is 263. The number of carbonyl (C=O) groups excluding carboxylic acids is 18. The Morgan fingerprint density at radius 3 is 1.20 bits per heavy atom. The smallest absolute Gasteiger partial charge is 0.326 e. The number of rotatable bonds is 63. The normalized spacial score (nSPS) is 14.4. The van der Waals surface area contributed by atoms with E-state index < -0.39 is 248 Å². The van der Waals surface area contributed by atoms with Gasteiger partial charge in [-0.25, -0.2) is 4.79 Å². The van der Waals surface area contributed by atoms with Crippen LogP contribution < -0.4 is 137 Å². The number of amides is 18. The Hall–Kier alpha value is -13.3. The standard InChI is InChI=1S/C80H131N27O22/c1-7-49(68(118)105-57(37-60(85)111)74(124)103-54(78(128)129)28-29-59(84)110)98-73(123)55(34-42(2)3)104-71(121)50(24-14-16-30-81)101-70(120)53(27-19-33-91-80(88)89)100-66(116)44(5)96-76(126)58(41-108)106-72(122)51(25-15-17-31-82)102-69(119)52(26-18-32-90-79(86)87)99-65(115)43(4)95-62(113)40-94-77(127)64(45(6)109)107-75(125)56(36-47-22-12-9-13-23-47)97-63(114)39-92-61(112)38-93-67(117)48(83)35-46-20-10-8-11-21-46/h8-13,20-23,42-45,48-58,64,108-109H,7,14-19,24-41,81-83H2,1-6H3,(H2,84,110)(H2,85,111)(H,92,112)(H,93,117)(H,94,127)(H,95,113)(H,96,126)(H,97,114)(H,98,123)(H,99,115)(H,100,116)(H,101,120)(H,102,119)(H,103,124)(H,104,121)(H,105,118)(H,106,122)(H,107,125)(H,128,129)(H4,86,87,90)(H4,88,89,91)/t43-,44-,45+,48-,49-,50-,51-,52-,53-,54-,55-,56-,57-,58-,64-/m0/s1. The van der Waals surface area contributed by atoms with Gasteiger partial charge in [-0.2, -0.15) is 0 Å². The van der Waals surface area contributed by atoms with Crippen LogP contribution >= 0.6 is 0 Å². The van der Waals surface area contributed by atoms with Gasteiger partial charge in [-0.05, 0) is 141 Å². The molecule has 129 heavy (non-hydrogen) atoms. The van der Waals surface area contributed by atoms with Gasteiger partial charge in [-0.1, -0.05) is 81.4 Å². The highest BCUT2D eigenvalue weighted by Crippen LogP contribution is 2.14. The Bertz CT molecular complexity index is 4120. The van der Waals surface area contributed by atoms with E-state index in [-0.39, 0.29) is 121 Å². The predicted octanol–water partition coefficient (Wildman–Crippen LogP) is -11.1. The second kappa shape index (κ2) is 60.4. The van der Waals surface area contributed by atoms with Gasteiger partial charge in [0.25, 0.3) is 0 Å². The number of primary amides is 2. The number of unbranched alkanes of at least 4 members (excludes halogenated alkanes) is 2. The average Bonchev–Trinajstić information content (AvgIpc) is 0.860. The van der Waals surface area contributed by atoms with Crippen molar-refractivity contribution < 1.29 is 106 Å². The SMILES string of the molecule is CC[C@H](NC(=O)[C@H](CC(C)C)NC(=O)[C@H](CCCCN)NC(=O)[C@H](CCCN=C(N)N)NC(=O)[C@H](C)NC(=O)[C@H](CO)NC(=O)[C@H](CCCCN)NC(=O)[C@H](CCCN=C(N)N)NC(=O)[C@H](C)NC(=O)CNC(=O)[C@@H](NC(=O)[C@H](Cc1ccccc1)NC(=O)CNC(=O)CNC(=O)[C@@H](N)Cc1ccccc1)[C@@H](C)O)C(=O)N[C@@H](CC(N)=O)C(=O)N[C@@H](CCC(N)=O)C(=O)O. The monoisotopic (exact) mass is 1820 g/mol. The molecule has 0 radical (unpaired) electrons. The molecule has 718 valence electrons. The average molecular weight is 1820 g/mol. The molecular weight excluding hydrogens is 1690 g/mol. The van der Waals surface area contributed by atoms with Crippen LogP contribution in [-0.2, 0) is 104 Å². The van der Waals surface area contributed by atoms with Gasteiger partial charge in [0.2, 0.25) is 106 Å². The van der Waals surface area contributed by atoms with E-state index in [1.165, 1.54) is 20.8 Å². The minimum atomic E-state index is -1.85. The van der Waals surface area contributed by atoms with E-state index in [1.807, 2.05) is 0 Å². The van der Waals surface area contributed by atoms with Crippen LogP contribution in [0.2, 0.25) is 0 Å². The van der Waals surface area contributed by atoms with Gasteiger partial charge in [0.15, 0.2) is 11.9 Å². The Balaban J connectivity index is 2.32. The summed E-state index contributed by atoms with van der Waals surface area (Å²) in [6.45, 7) is 5.37. The molecule has 0 saturated carbocycles. The number of hydrogen-bond acceptors (Lipinski definition) is 26. The molecule has 2 aromatic rings. The molecule has 0 saturated heterocycles. The van der Waals surface area contributed by atoms with Gasteiger partial charge in [0, 0.05) is 25.9 Å². The molecule has 0 aliphatic rings. The summed E-state index contributed by atoms with van der Waals surface area (Å²) in [5.74, 6) is -20.1. The molecule has 2 rings (SSSR count). The number of aliphatic hydroxyl groups is 2. The number of aliphatic hydroxyl groups excluding tert-OH is 2. The lowest BCUT2D eigenvalue weighted by molar-refractivity contribution is -0.143. The first-order valence-corrected chi connectivity index (χ1v) is 42.1. The number of nitrogens with two attached hydrogens (primary N) is 9. The van der Waals surface area contributed by atoms with Gasteiger partial charge >= 0.3 is 5.97 Å². The van der Waals surface area contributed by atoms with Gasteiger partial charge in [0.1, 0.15) is 78.5 Å². The Labute approximate surface area is 745 Å². The molecule has 0 aliphatic heterocycles. The number of aliphatic carboxylic acids is 1. The van der Waals surface area contributed by atoms with Crippen molar-refractivity contribution in [2.45, 2.75) is 241 Å². The summed E-state index contributed by atoms with van der Waals surface area (Å²) in [6.07, 6.45) is -3.14. The summed E-state index contributed by atoms with van der Waals surface area (Å²) in [5.41, 5.74) is 51.5. The summed E-state index contributed by atoms with van der Waals surface area (Å²) in [5, 5.41) is 69.6. The van der Waals surface area contributed by atoms with Crippen molar-refractivity contribution in [2.24, 2.45) is 67.5 Å². The third-order valence-corrected chi connectivity index (χ3v) is 19.3. The van der Waals surface area contributed by atoms with E-state index in [9.17, 15) is 106 Å². The predicted molar refractivity (Wildman–Crippen MR) is 468 cm³/mol. The molecule has 0 aromatic heterocycles. The maximum Gasteiger partial charge on any atom is 0.326 e. The first-order chi connectivity index (χ1) is 60.9. The van der Waals surface area contributed by atoms with Gasteiger partial charge < -0.3 is 152 Å². The summed E-state index contributed by atoms with van der Waals surface area (Å²) < 4.78 is 0. The molecule has 37 N–H and O–H groups in total. The lowest BCUT2D eigenvalue weighted by Crippen LogP contribution is -2.61. The lowest BCUT2D eigenvalue weighted by atomic mass is 10.0. The molecule has 0 spiro atoms. The third kappa shape index (κ3) is 45.6. The first-order valence-electron chi connectivity index (χ1n) is 42.1. The van der Waals surface area contributed by atoms with Crippen molar-refractivity contribution >= 4 is 124 Å². The zero-order chi connectivity index (χ0) is 97.0. The second-order valence-electron chi connectivity index (χ2n) is 30.8. The highest BCUT2D eigenvalue weighted by atomic mass is 16.4. The minimum absolute atomic E-state index is 0.0178. The van der Waals surface area contributed by atoms with E-state index in [4.69, 9.17) is 51.6 Å². The highest BCUT2D eigenvalue weighted by molar-refractivity contribution is 6.01. The van der Waals surface area contributed by atoms with E-state index >= 15 is 0 Å². The lowest BCUT2D eigenvalue weighted by Gasteiger charge is -2.28. The van der Waals surface area contributed by atoms with Crippen molar-refractivity contribution in [3.8, 4) is 0 Å².